The van der Waals surface area contributed by atoms with E-state index in [1.54, 1.807) is 23.1 Å². The van der Waals surface area contributed by atoms with Gasteiger partial charge in [0.2, 0.25) is 11.8 Å². The molecular formula is C14H16Cl2N2O2. The monoisotopic (exact) mass is 314 g/mol. The zero-order valence-corrected chi connectivity index (χ0v) is 12.8. The molecule has 1 heterocycles. The molecule has 1 saturated heterocycles. The van der Waals surface area contributed by atoms with E-state index >= 15 is 0 Å². The molecule has 1 aliphatic rings. The van der Waals surface area contributed by atoms with Crippen molar-refractivity contribution in [2.24, 2.45) is 5.92 Å². The van der Waals surface area contributed by atoms with E-state index in [2.05, 4.69) is 5.32 Å². The lowest BCUT2D eigenvalue weighted by atomic mass is 10.1. The Morgan fingerprint density at radius 1 is 1.40 bits per heavy atom. The van der Waals surface area contributed by atoms with Crippen LogP contribution in [0.3, 0.4) is 0 Å². The number of nitrogens with one attached hydrogen (secondary N) is 1. The van der Waals surface area contributed by atoms with Gasteiger partial charge < -0.3 is 10.2 Å². The third kappa shape index (κ3) is 3.25. The summed E-state index contributed by atoms with van der Waals surface area (Å²) in [7, 11) is 0. The maximum atomic E-state index is 12.2. The normalized spacial score (nSPS) is 18.8. The largest absolute Gasteiger partial charge is 0.339 e. The van der Waals surface area contributed by atoms with Gasteiger partial charge in [-0.05, 0) is 32.0 Å². The molecule has 1 aliphatic heterocycles. The van der Waals surface area contributed by atoms with Crippen molar-refractivity contribution in [1.29, 1.82) is 0 Å². The molecule has 0 bridgehead atoms. The number of nitrogens with zero attached hydrogens (tertiary/aromatic N) is 1. The molecule has 1 N–H and O–H groups in total. The van der Waals surface area contributed by atoms with Crippen LogP contribution >= 0.6 is 23.2 Å². The molecule has 0 radical (unpaired) electrons. The molecule has 1 fully saturated rings. The van der Waals surface area contributed by atoms with Crippen molar-refractivity contribution < 1.29 is 9.59 Å². The molecular weight excluding hydrogens is 299 g/mol. The average Bonchev–Trinajstić information content (AvgIpc) is 2.76. The standard InChI is InChI=1S/C14H16Cl2N2O2/c1-8(2)18-7-9(5-13(18)19)14(20)17-12-6-10(15)3-4-11(12)16/h3-4,6,8-9H,5,7H2,1-2H3,(H,17,20)/t9-/m1/s1. The second-order valence-electron chi connectivity index (χ2n) is 5.15. The van der Waals surface area contributed by atoms with E-state index in [0.29, 0.717) is 22.3 Å². The number of likely N-dealkylation sites (tertiary alicyclic amines) is 1. The van der Waals surface area contributed by atoms with E-state index in [0.717, 1.165) is 0 Å². The summed E-state index contributed by atoms with van der Waals surface area (Å²) in [5.74, 6) is -0.539. The molecule has 1 atom stereocenters. The third-order valence-electron chi connectivity index (χ3n) is 3.34. The number of benzene rings is 1. The van der Waals surface area contributed by atoms with Crippen LogP contribution in [0.15, 0.2) is 18.2 Å². The molecule has 1 aromatic carbocycles. The summed E-state index contributed by atoms with van der Waals surface area (Å²) in [6, 6.07) is 4.98. The second kappa shape index (κ2) is 6.02. The number of carbonyl (C=O) groups is 2. The molecule has 2 rings (SSSR count). The van der Waals surface area contributed by atoms with Crippen LogP contribution in [0.4, 0.5) is 5.69 Å². The highest BCUT2D eigenvalue weighted by Crippen LogP contribution is 2.27. The number of halogens is 2. The summed E-state index contributed by atoms with van der Waals surface area (Å²) in [6.07, 6.45) is 0.238. The van der Waals surface area contributed by atoms with Crippen molar-refractivity contribution in [3.63, 3.8) is 0 Å². The Hall–Kier alpha value is -1.26. The Balaban J connectivity index is 2.06. The van der Waals surface area contributed by atoms with Crippen LogP contribution in [0, 0.1) is 5.92 Å². The number of hydrogen-bond acceptors (Lipinski definition) is 2. The van der Waals surface area contributed by atoms with Gasteiger partial charge in [0.05, 0.1) is 16.6 Å². The Morgan fingerprint density at radius 2 is 2.10 bits per heavy atom. The van der Waals surface area contributed by atoms with E-state index in [1.165, 1.54) is 0 Å². The second-order valence-corrected chi connectivity index (χ2v) is 6.00. The van der Waals surface area contributed by atoms with Crippen molar-refractivity contribution >= 4 is 40.7 Å². The van der Waals surface area contributed by atoms with Gasteiger partial charge in [0.1, 0.15) is 0 Å². The van der Waals surface area contributed by atoms with Gasteiger partial charge in [0, 0.05) is 24.0 Å². The van der Waals surface area contributed by atoms with E-state index in [-0.39, 0.29) is 30.2 Å². The molecule has 2 amide bonds. The molecule has 0 unspecified atom stereocenters. The average molecular weight is 315 g/mol. The number of hydrogen-bond donors (Lipinski definition) is 1. The predicted molar refractivity (Wildman–Crippen MR) is 80.0 cm³/mol. The maximum Gasteiger partial charge on any atom is 0.229 e. The van der Waals surface area contributed by atoms with Crippen molar-refractivity contribution in [3.8, 4) is 0 Å². The van der Waals surface area contributed by atoms with Gasteiger partial charge in [0.25, 0.3) is 0 Å². The van der Waals surface area contributed by atoms with Crippen LogP contribution in [-0.4, -0.2) is 29.3 Å². The molecule has 0 spiro atoms. The van der Waals surface area contributed by atoms with Crippen LogP contribution in [-0.2, 0) is 9.59 Å². The van der Waals surface area contributed by atoms with E-state index in [1.807, 2.05) is 13.8 Å². The van der Waals surface area contributed by atoms with Gasteiger partial charge >= 0.3 is 0 Å². The van der Waals surface area contributed by atoms with Crippen LogP contribution in [0.5, 0.6) is 0 Å². The first-order valence-corrected chi connectivity index (χ1v) is 7.19. The number of anilines is 1. The third-order valence-corrected chi connectivity index (χ3v) is 3.90. The minimum Gasteiger partial charge on any atom is -0.339 e. The van der Waals surface area contributed by atoms with Gasteiger partial charge in [-0.25, -0.2) is 0 Å². The predicted octanol–water partition coefficient (Wildman–Crippen LogP) is 3.19. The molecule has 6 heteroatoms. The highest BCUT2D eigenvalue weighted by Gasteiger charge is 2.35. The van der Waals surface area contributed by atoms with Gasteiger partial charge in [-0.15, -0.1) is 0 Å². The van der Waals surface area contributed by atoms with E-state index < -0.39 is 0 Å². The fourth-order valence-corrected chi connectivity index (χ4v) is 2.57. The van der Waals surface area contributed by atoms with Gasteiger partial charge in [-0.3, -0.25) is 9.59 Å². The highest BCUT2D eigenvalue weighted by atomic mass is 35.5. The summed E-state index contributed by atoms with van der Waals surface area (Å²) in [4.78, 5) is 25.7. The molecule has 0 aromatic heterocycles. The molecule has 20 heavy (non-hydrogen) atoms. The minimum absolute atomic E-state index is 0.0114. The fourth-order valence-electron chi connectivity index (χ4n) is 2.23. The lowest BCUT2D eigenvalue weighted by molar-refractivity contribution is -0.129. The lowest BCUT2D eigenvalue weighted by Crippen LogP contribution is -2.33. The van der Waals surface area contributed by atoms with Crippen LogP contribution in [0.25, 0.3) is 0 Å². The molecule has 1 aromatic rings. The van der Waals surface area contributed by atoms with Crippen molar-refractivity contribution in [2.75, 3.05) is 11.9 Å². The zero-order chi connectivity index (χ0) is 14.9. The molecule has 4 nitrogen and oxygen atoms in total. The summed E-state index contributed by atoms with van der Waals surface area (Å²) < 4.78 is 0. The Kier molecular flexibility index (Phi) is 4.55. The van der Waals surface area contributed by atoms with Crippen LogP contribution in [0.2, 0.25) is 10.0 Å². The molecule has 108 valence electrons. The van der Waals surface area contributed by atoms with Crippen molar-refractivity contribution in [2.45, 2.75) is 26.3 Å². The number of rotatable bonds is 3. The summed E-state index contributed by atoms with van der Waals surface area (Å²) >= 11 is 11.9. The maximum absolute atomic E-state index is 12.2. The van der Waals surface area contributed by atoms with Crippen LogP contribution in [0.1, 0.15) is 20.3 Å². The van der Waals surface area contributed by atoms with Crippen LogP contribution < -0.4 is 5.32 Å². The number of carbonyl (C=O) groups excluding carboxylic acids is 2. The quantitative estimate of drug-likeness (QED) is 0.931. The summed E-state index contributed by atoms with van der Waals surface area (Å²) in [5, 5.41) is 3.66. The smallest absolute Gasteiger partial charge is 0.229 e. The zero-order valence-electron chi connectivity index (χ0n) is 11.3. The molecule has 0 saturated carbocycles. The minimum atomic E-state index is -0.347. The topological polar surface area (TPSA) is 49.4 Å². The van der Waals surface area contributed by atoms with Gasteiger partial charge in [0.15, 0.2) is 0 Å². The summed E-state index contributed by atoms with van der Waals surface area (Å²) in [5.41, 5.74) is 0.472. The summed E-state index contributed by atoms with van der Waals surface area (Å²) in [6.45, 7) is 4.32. The first-order valence-electron chi connectivity index (χ1n) is 6.44. The first-order chi connectivity index (χ1) is 9.38. The fraction of sp³-hybridized carbons (Fsp3) is 0.429. The van der Waals surface area contributed by atoms with Crippen molar-refractivity contribution in [1.82, 2.24) is 4.90 Å². The van der Waals surface area contributed by atoms with E-state index in [9.17, 15) is 9.59 Å². The molecule has 0 aliphatic carbocycles. The SMILES string of the molecule is CC(C)N1C[C@H](C(=O)Nc2cc(Cl)ccc2Cl)CC1=O. The first kappa shape index (κ1) is 15.1. The highest BCUT2D eigenvalue weighted by molar-refractivity contribution is 6.35. The van der Waals surface area contributed by atoms with E-state index in [4.69, 9.17) is 23.2 Å². The van der Waals surface area contributed by atoms with Gasteiger partial charge in [-0.2, -0.15) is 0 Å². The Bertz CT molecular complexity index is 546. The Labute approximate surface area is 128 Å². The number of amides is 2. The lowest BCUT2D eigenvalue weighted by Gasteiger charge is -2.20. The van der Waals surface area contributed by atoms with Crippen molar-refractivity contribution in [3.05, 3.63) is 28.2 Å². The van der Waals surface area contributed by atoms with Gasteiger partial charge in [-0.1, -0.05) is 23.2 Å². The Morgan fingerprint density at radius 3 is 2.70 bits per heavy atom.